The number of rotatable bonds is 7. The van der Waals surface area contributed by atoms with Crippen LogP contribution in [0.4, 0.5) is 0 Å². The summed E-state index contributed by atoms with van der Waals surface area (Å²) in [7, 11) is 1.63. The van der Waals surface area contributed by atoms with Crippen molar-refractivity contribution in [1.29, 1.82) is 0 Å². The van der Waals surface area contributed by atoms with Crippen molar-refractivity contribution < 1.29 is 4.74 Å². The smallest absolute Gasteiger partial charge is 0.214 e. The second-order valence-corrected chi connectivity index (χ2v) is 6.10. The monoisotopic (exact) mass is 346 g/mol. The Bertz CT molecular complexity index is 815. The van der Waals surface area contributed by atoms with Gasteiger partial charge in [-0.15, -0.1) is 10.2 Å². The van der Waals surface area contributed by atoms with Crippen molar-refractivity contribution in [1.82, 2.24) is 40.4 Å². The van der Waals surface area contributed by atoms with Gasteiger partial charge in [0.2, 0.25) is 5.16 Å². The van der Waals surface area contributed by atoms with Gasteiger partial charge in [-0.05, 0) is 51.9 Å². The summed E-state index contributed by atoms with van der Waals surface area (Å²) in [5.74, 6) is 2.10. The summed E-state index contributed by atoms with van der Waals surface area (Å²) in [6.45, 7) is 4.89. The number of thioether (sulfide) groups is 1. The van der Waals surface area contributed by atoms with Crippen LogP contribution in [-0.4, -0.2) is 47.5 Å². The van der Waals surface area contributed by atoms with Crippen LogP contribution in [0.2, 0.25) is 0 Å². The Morgan fingerprint density at radius 3 is 2.79 bits per heavy atom. The summed E-state index contributed by atoms with van der Waals surface area (Å²) in [6, 6.07) is 5.88. The average molecular weight is 346 g/mol. The van der Waals surface area contributed by atoms with E-state index < -0.39 is 0 Å². The van der Waals surface area contributed by atoms with E-state index in [-0.39, 0.29) is 0 Å². The van der Waals surface area contributed by atoms with Gasteiger partial charge in [0.1, 0.15) is 11.4 Å². The maximum absolute atomic E-state index is 5.42. The number of methoxy groups -OCH3 is 1. The van der Waals surface area contributed by atoms with Crippen LogP contribution in [-0.2, 0) is 12.3 Å². The molecule has 0 aliphatic carbocycles. The van der Waals surface area contributed by atoms with E-state index in [0.717, 1.165) is 30.0 Å². The first-order valence-corrected chi connectivity index (χ1v) is 8.52. The molecule has 24 heavy (non-hydrogen) atoms. The van der Waals surface area contributed by atoms with Crippen LogP contribution < -0.4 is 4.74 Å². The molecule has 0 aliphatic heterocycles. The fraction of sp³-hybridized carbons (Fsp3) is 0.429. The molecule has 0 aliphatic rings. The highest BCUT2D eigenvalue weighted by molar-refractivity contribution is 7.98. The standard InChI is InChI=1S/C14H18N8OS/c1-4-7-21-13(15-17-19-21)9-24-14-16-18-20-22(14)11-8-10(2)5-6-12(11)23-3/h5-6,8H,4,7,9H2,1-3H3. The van der Waals surface area contributed by atoms with Crippen LogP contribution in [0.1, 0.15) is 24.7 Å². The van der Waals surface area contributed by atoms with E-state index in [1.165, 1.54) is 11.8 Å². The molecular weight excluding hydrogens is 328 g/mol. The van der Waals surface area contributed by atoms with E-state index >= 15 is 0 Å². The molecule has 10 heteroatoms. The Hall–Kier alpha value is -2.49. The highest BCUT2D eigenvalue weighted by atomic mass is 32.2. The zero-order valence-corrected chi connectivity index (χ0v) is 14.6. The van der Waals surface area contributed by atoms with Crippen molar-refractivity contribution in [2.75, 3.05) is 7.11 Å². The molecule has 0 spiro atoms. The number of hydrogen-bond acceptors (Lipinski definition) is 8. The minimum absolute atomic E-state index is 0.585. The summed E-state index contributed by atoms with van der Waals surface area (Å²) < 4.78 is 8.89. The van der Waals surface area contributed by atoms with Gasteiger partial charge >= 0.3 is 0 Å². The van der Waals surface area contributed by atoms with E-state index in [1.54, 1.807) is 16.5 Å². The molecule has 2 aromatic heterocycles. The first-order chi connectivity index (χ1) is 11.7. The fourth-order valence-corrected chi connectivity index (χ4v) is 3.04. The molecule has 0 bridgehead atoms. The van der Waals surface area contributed by atoms with Crippen molar-refractivity contribution in [3.63, 3.8) is 0 Å². The number of nitrogens with zero attached hydrogens (tertiary/aromatic N) is 8. The lowest BCUT2D eigenvalue weighted by atomic mass is 10.2. The Balaban J connectivity index is 1.83. The van der Waals surface area contributed by atoms with Crippen molar-refractivity contribution in [3.05, 3.63) is 29.6 Å². The molecule has 0 saturated carbocycles. The Kier molecular flexibility index (Phi) is 5.04. The van der Waals surface area contributed by atoms with Crippen molar-refractivity contribution >= 4 is 11.8 Å². The molecule has 0 N–H and O–H groups in total. The van der Waals surface area contributed by atoms with E-state index in [1.807, 2.05) is 25.1 Å². The number of hydrogen-bond donors (Lipinski definition) is 0. The van der Waals surface area contributed by atoms with Crippen molar-refractivity contribution in [2.45, 2.75) is 37.7 Å². The first-order valence-electron chi connectivity index (χ1n) is 7.54. The minimum Gasteiger partial charge on any atom is -0.494 e. The Morgan fingerprint density at radius 1 is 1.17 bits per heavy atom. The summed E-state index contributed by atoms with van der Waals surface area (Å²) >= 11 is 1.48. The fourth-order valence-electron chi connectivity index (χ4n) is 2.23. The van der Waals surface area contributed by atoms with Gasteiger partial charge in [-0.2, -0.15) is 4.68 Å². The zero-order valence-electron chi connectivity index (χ0n) is 13.7. The molecule has 1 aromatic carbocycles. The summed E-state index contributed by atoms with van der Waals surface area (Å²) in [6.07, 6.45) is 0.973. The lowest BCUT2D eigenvalue weighted by Gasteiger charge is -2.10. The second kappa shape index (κ2) is 7.39. The molecule has 0 unspecified atom stereocenters. The maximum atomic E-state index is 5.42. The predicted octanol–water partition coefficient (Wildman–Crippen LogP) is 1.67. The summed E-state index contributed by atoms with van der Waals surface area (Å²) in [5, 5.41) is 24.4. The first kappa shape index (κ1) is 16.4. The van der Waals surface area contributed by atoms with Gasteiger partial charge in [0.05, 0.1) is 12.9 Å². The zero-order chi connectivity index (χ0) is 16.9. The molecule has 2 heterocycles. The third kappa shape index (κ3) is 3.37. The van der Waals surface area contributed by atoms with Crippen LogP contribution in [0, 0.1) is 6.92 Å². The SMILES string of the molecule is CCCn1nnnc1CSc1nnnn1-c1cc(C)ccc1OC. The van der Waals surface area contributed by atoms with Crippen LogP contribution in [0.5, 0.6) is 5.75 Å². The molecular formula is C14H18N8OS. The second-order valence-electron chi connectivity index (χ2n) is 5.16. The van der Waals surface area contributed by atoms with Crippen molar-refractivity contribution in [2.24, 2.45) is 0 Å². The Morgan fingerprint density at radius 2 is 2.00 bits per heavy atom. The molecule has 0 fully saturated rings. The minimum atomic E-state index is 0.585. The molecule has 0 atom stereocenters. The van der Waals surface area contributed by atoms with Crippen LogP contribution in [0.15, 0.2) is 23.4 Å². The van der Waals surface area contributed by atoms with Gasteiger partial charge in [0.25, 0.3) is 0 Å². The lowest BCUT2D eigenvalue weighted by molar-refractivity contribution is 0.410. The van der Waals surface area contributed by atoms with Gasteiger partial charge in [-0.25, -0.2) is 4.68 Å². The van der Waals surface area contributed by atoms with E-state index in [0.29, 0.717) is 16.7 Å². The highest BCUT2D eigenvalue weighted by Gasteiger charge is 2.15. The highest BCUT2D eigenvalue weighted by Crippen LogP contribution is 2.28. The molecule has 0 amide bonds. The van der Waals surface area contributed by atoms with E-state index in [4.69, 9.17) is 4.74 Å². The average Bonchev–Trinajstić information content (AvgIpc) is 3.22. The maximum Gasteiger partial charge on any atom is 0.214 e. The van der Waals surface area contributed by atoms with Gasteiger partial charge in [0.15, 0.2) is 5.82 Å². The van der Waals surface area contributed by atoms with Crippen LogP contribution >= 0.6 is 11.8 Å². The van der Waals surface area contributed by atoms with E-state index in [9.17, 15) is 0 Å². The van der Waals surface area contributed by atoms with Gasteiger partial charge in [0, 0.05) is 6.54 Å². The number of tetrazole rings is 2. The third-order valence-corrected chi connectivity index (χ3v) is 4.29. The number of aryl methyl sites for hydroxylation is 2. The number of ether oxygens (including phenoxy) is 1. The molecule has 3 aromatic rings. The topological polar surface area (TPSA) is 96.4 Å². The molecule has 0 saturated heterocycles. The number of aromatic nitrogens is 8. The predicted molar refractivity (Wildman–Crippen MR) is 88.1 cm³/mol. The van der Waals surface area contributed by atoms with Crippen LogP contribution in [0.3, 0.4) is 0 Å². The lowest BCUT2D eigenvalue weighted by Crippen LogP contribution is -2.05. The largest absolute Gasteiger partial charge is 0.494 e. The Labute approximate surface area is 143 Å². The summed E-state index contributed by atoms with van der Waals surface area (Å²) in [5.41, 5.74) is 1.90. The molecule has 9 nitrogen and oxygen atoms in total. The quantitative estimate of drug-likeness (QED) is 0.596. The number of benzene rings is 1. The summed E-state index contributed by atoms with van der Waals surface area (Å²) in [4.78, 5) is 0. The molecule has 126 valence electrons. The molecule has 0 radical (unpaired) electrons. The van der Waals surface area contributed by atoms with Gasteiger partial charge in [-0.1, -0.05) is 24.8 Å². The van der Waals surface area contributed by atoms with Gasteiger partial charge in [-0.3, -0.25) is 0 Å². The van der Waals surface area contributed by atoms with Crippen LogP contribution in [0.25, 0.3) is 5.69 Å². The molecule has 3 rings (SSSR count). The van der Waals surface area contributed by atoms with Crippen molar-refractivity contribution in [3.8, 4) is 11.4 Å². The third-order valence-electron chi connectivity index (χ3n) is 3.38. The van der Waals surface area contributed by atoms with E-state index in [2.05, 4.69) is 38.0 Å². The van der Waals surface area contributed by atoms with Gasteiger partial charge < -0.3 is 4.74 Å². The normalized spacial score (nSPS) is 11.0.